The molecule has 1 N–H and O–H groups in total. The Bertz CT molecular complexity index is 1100. The molecule has 35 heavy (non-hydrogen) atoms. The highest BCUT2D eigenvalue weighted by Crippen LogP contribution is 2.45. The van der Waals surface area contributed by atoms with Crippen LogP contribution in [-0.2, 0) is 6.54 Å². The summed E-state index contributed by atoms with van der Waals surface area (Å²) in [5.74, 6) is 0.204. The molecule has 4 rings (SSSR count). The van der Waals surface area contributed by atoms with Crippen molar-refractivity contribution in [3.63, 3.8) is 0 Å². The second-order valence-electron chi connectivity index (χ2n) is 11.3. The largest absolute Gasteiger partial charge is 0.388 e. The van der Waals surface area contributed by atoms with E-state index in [1.807, 2.05) is 0 Å². The van der Waals surface area contributed by atoms with Gasteiger partial charge in [-0.2, -0.15) is 0 Å². The quantitative estimate of drug-likeness (QED) is 0.315. The number of hydrogen-bond donors (Lipinski definition) is 1. The number of aliphatic hydroxyl groups is 1. The summed E-state index contributed by atoms with van der Waals surface area (Å²) in [6.45, 7) is 17.2. The number of pyridine rings is 1. The van der Waals surface area contributed by atoms with E-state index >= 15 is 0 Å². The van der Waals surface area contributed by atoms with Gasteiger partial charge in [-0.1, -0.05) is 83.5 Å². The lowest BCUT2D eigenvalue weighted by molar-refractivity contribution is 0.0577. The highest BCUT2D eigenvalue weighted by molar-refractivity contribution is 6.82. The van der Waals surface area contributed by atoms with E-state index in [-0.39, 0.29) is 5.92 Å². The Balaban J connectivity index is 1.62. The molecule has 0 saturated carbocycles. The summed E-state index contributed by atoms with van der Waals surface area (Å²) in [7, 11) is -1.95. The van der Waals surface area contributed by atoms with Crippen LogP contribution in [0.5, 0.6) is 0 Å². The van der Waals surface area contributed by atoms with Crippen molar-refractivity contribution in [1.82, 2.24) is 14.1 Å². The van der Waals surface area contributed by atoms with Crippen LogP contribution in [0, 0.1) is 5.92 Å². The summed E-state index contributed by atoms with van der Waals surface area (Å²) in [6.07, 6.45) is 5.37. The number of piperidine rings is 1. The Morgan fingerprint density at radius 3 is 2.14 bits per heavy atom. The number of aliphatic hydroxyl groups excluding tert-OH is 1. The van der Waals surface area contributed by atoms with Gasteiger partial charge in [0.15, 0.2) is 8.24 Å². The number of halogens is 1. The van der Waals surface area contributed by atoms with Crippen molar-refractivity contribution in [2.24, 2.45) is 5.92 Å². The van der Waals surface area contributed by atoms with Crippen LogP contribution < -0.4 is 0 Å². The van der Waals surface area contributed by atoms with Crippen LogP contribution >= 0.6 is 11.6 Å². The van der Waals surface area contributed by atoms with Crippen molar-refractivity contribution in [2.45, 2.75) is 83.7 Å². The van der Waals surface area contributed by atoms with Crippen LogP contribution in [0.25, 0.3) is 11.0 Å². The predicted molar refractivity (Wildman–Crippen MR) is 151 cm³/mol. The fourth-order valence-electron chi connectivity index (χ4n) is 7.03. The van der Waals surface area contributed by atoms with Crippen molar-refractivity contribution in [3.8, 4) is 0 Å². The number of likely N-dealkylation sites (tertiary alicyclic amines) is 1. The molecule has 4 nitrogen and oxygen atoms in total. The van der Waals surface area contributed by atoms with E-state index < -0.39 is 14.3 Å². The average molecular weight is 512 g/mol. The first kappa shape index (κ1) is 26.4. The second kappa shape index (κ2) is 10.8. The van der Waals surface area contributed by atoms with Crippen molar-refractivity contribution in [2.75, 3.05) is 13.1 Å². The molecule has 1 aliphatic rings. The molecule has 1 saturated heterocycles. The highest BCUT2D eigenvalue weighted by atomic mass is 35.5. The molecule has 0 aliphatic carbocycles. The summed E-state index contributed by atoms with van der Waals surface area (Å²) in [6, 6.07) is 12.8. The van der Waals surface area contributed by atoms with Gasteiger partial charge in [-0.05, 0) is 66.3 Å². The van der Waals surface area contributed by atoms with E-state index in [9.17, 15) is 5.11 Å². The van der Waals surface area contributed by atoms with Crippen molar-refractivity contribution in [1.29, 1.82) is 0 Å². The first-order valence-electron chi connectivity index (χ1n) is 13.3. The zero-order chi connectivity index (χ0) is 25.3. The third-order valence-corrected chi connectivity index (χ3v) is 15.6. The van der Waals surface area contributed by atoms with E-state index in [0.717, 1.165) is 49.1 Å². The fraction of sp³-hybridized carbons (Fsp3) is 0.552. The van der Waals surface area contributed by atoms with Gasteiger partial charge < -0.3 is 9.34 Å². The zero-order valence-electron chi connectivity index (χ0n) is 22.2. The lowest BCUT2D eigenvalue weighted by atomic mass is 9.86. The molecule has 0 amide bonds. The standard InChI is InChI=1S/C29H42ClN3OSi/c1-20(2)35(21(3)4,22(5)6)33-17-14-25-27(26(30)18-31-29(25)33)28(34)24-12-15-32(16-13-24)19-23-10-8-7-9-11-23/h7-11,14,17-18,20-22,24,28,34H,12-13,15-16,19H2,1-6H3. The normalized spacial score (nSPS) is 17.2. The van der Waals surface area contributed by atoms with Crippen LogP contribution in [0.2, 0.25) is 21.6 Å². The molecule has 3 aromatic rings. The Morgan fingerprint density at radius 1 is 0.971 bits per heavy atom. The molecular weight excluding hydrogens is 470 g/mol. The van der Waals surface area contributed by atoms with Gasteiger partial charge in [-0.3, -0.25) is 4.90 Å². The fourth-order valence-corrected chi connectivity index (χ4v) is 13.8. The minimum atomic E-state index is -1.95. The number of fused-ring (bicyclic) bond motifs is 1. The highest BCUT2D eigenvalue weighted by Gasteiger charge is 2.46. The maximum atomic E-state index is 11.6. The number of benzene rings is 1. The third kappa shape index (κ3) is 4.85. The lowest BCUT2D eigenvalue weighted by Crippen LogP contribution is -2.51. The van der Waals surface area contributed by atoms with Gasteiger partial charge in [0.25, 0.3) is 0 Å². The van der Waals surface area contributed by atoms with Crippen molar-refractivity contribution < 1.29 is 5.11 Å². The van der Waals surface area contributed by atoms with E-state index in [2.05, 4.69) is 93.3 Å². The molecule has 1 fully saturated rings. The second-order valence-corrected chi connectivity index (χ2v) is 17.5. The number of aromatic nitrogens is 2. The van der Waals surface area contributed by atoms with Crippen LogP contribution in [0.1, 0.15) is 71.6 Å². The maximum absolute atomic E-state index is 11.6. The molecule has 0 radical (unpaired) electrons. The van der Waals surface area contributed by atoms with E-state index in [1.165, 1.54) is 5.56 Å². The molecule has 190 valence electrons. The van der Waals surface area contributed by atoms with E-state index in [1.54, 1.807) is 6.20 Å². The minimum absolute atomic E-state index is 0.204. The molecule has 3 heterocycles. The van der Waals surface area contributed by atoms with Crippen LogP contribution in [0.3, 0.4) is 0 Å². The topological polar surface area (TPSA) is 41.3 Å². The number of nitrogens with zero attached hydrogens (tertiary/aromatic N) is 3. The molecule has 6 heteroatoms. The molecule has 2 aromatic heterocycles. The van der Waals surface area contributed by atoms with E-state index in [4.69, 9.17) is 16.6 Å². The van der Waals surface area contributed by atoms with Gasteiger partial charge in [0.05, 0.1) is 11.1 Å². The van der Waals surface area contributed by atoms with Gasteiger partial charge in [0.2, 0.25) is 0 Å². The van der Waals surface area contributed by atoms with E-state index in [0.29, 0.717) is 21.6 Å². The van der Waals surface area contributed by atoms with Crippen LogP contribution in [0.4, 0.5) is 0 Å². The summed E-state index contributed by atoms with van der Waals surface area (Å²) < 4.78 is 2.51. The molecule has 0 spiro atoms. The van der Waals surface area contributed by atoms with Crippen molar-refractivity contribution in [3.05, 3.63) is 64.9 Å². The lowest BCUT2D eigenvalue weighted by Gasteiger charge is -2.44. The van der Waals surface area contributed by atoms with Gasteiger partial charge in [0.1, 0.15) is 5.65 Å². The summed E-state index contributed by atoms with van der Waals surface area (Å²) in [5.41, 5.74) is 4.91. The smallest absolute Gasteiger partial charge is 0.171 e. The van der Waals surface area contributed by atoms with Gasteiger partial charge in [0, 0.05) is 23.7 Å². The Morgan fingerprint density at radius 2 is 1.57 bits per heavy atom. The minimum Gasteiger partial charge on any atom is -0.388 e. The van der Waals surface area contributed by atoms with Crippen molar-refractivity contribution >= 4 is 30.9 Å². The molecular formula is C29H42ClN3OSi. The third-order valence-electron chi connectivity index (χ3n) is 8.52. The molecule has 1 unspecified atom stereocenters. The summed E-state index contributed by atoms with van der Waals surface area (Å²) in [4.78, 5) is 7.34. The molecule has 0 bridgehead atoms. The van der Waals surface area contributed by atoms with Gasteiger partial charge >= 0.3 is 0 Å². The summed E-state index contributed by atoms with van der Waals surface area (Å²) in [5, 5.41) is 13.2. The van der Waals surface area contributed by atoms with Gasteiger partial charge in [-0.25, -0.2) is 4.98 Å². The zero-order valence-corrected chi connectivity index (χ0v) is 24.0. The molecule has 1 aromatic carbocycles. The first-order valence-corrected chi connectivity index (χ1v) is 15.8. The Hall–Kier alpha value is -1.66. The monoisotopic (exact) mass is 511 g/mol. The molecule has 1 aliphatic heterocycles. The first-order chi connectivity index (χ1) is 16.7. The van der Waals surface area contributed by atoms with Crippen LogP contribution in [-0.4, -0.2) is 40.5 Å². The maximum Gasteiger partial charge on any atom is 0.171 e. The Kier molecular flexibility index (Phi) is 8.11. The van der Waals surface area contributed by atoms with Crippen LogP contribution in [0.15, 0.2) is 48.8 Å². The Labute approximate surface area is 217 Å². The molecule has 1 atom stereocenters. The van der Waals surface area contributed by atoms with Gasteiger partial charge in [-0.15, -0.1) is 0 Å². The number of rotatable bonds is 8. The average Bonchev–Trinajstić information content (AvgIpc) is 3.23. The summed E-state index contributed by atoms with van der Waals surface area (Å²) >= 11 is 6.73. The number of hydrogen-bond acceptors (Lipinski definition) is 3. The predicted octanol–water partition coefficient (Wildman–Crippen LogP) is 7.66. The SMILES string of the molecule is CC(C)[Si](C(C)C)(C(C)C)n1ccc2c(C(O)C3CCN(Cc4ccccc4)CC3)c(Cl)cnc21.